The molecule has 332 valence electrons. The third-order valence-electron chi connectivity index (χ3n) is 10.4. The molecule has 2 atom stereocenters. The standard InChI is InChI=1S/C46H90NO8P/c1-4-6-8-10-12-14-16-18-20-22-24-26-28-30-32-34-36-38-45(48)52-42-44(43-54-56(50,51)53-41-40-47-3)55-46(49)39-37-35-33-31-29-27-25-23-21-19-17-15-13-11-9-7-5-2/h18,20,44,47H,4-17,19,21-43H2,1-3H3,(H,50,51)/b20-18-. The van der Waals surface area contributed by atoms with Gasteiger partial charge in [-0.15, -0.1) is 0 Å². The van der Waals surface area contributed by atoms with Crippen LogP contribution in [0.15, 0.2) is 12.2 Å². The van der Waals surface area contributed by atoms with Crippen molar-refractivity contribution in [3.63, 3.8) is 0 Å². The highest BCUT2D eigenvalue weighted by Gasteiger charge is 2.26. The number of likely N-dealkylation sites (N-methyl/N-ethyl adjacent to an activating group) is 1. The molecule has 0 fully saturated rings. The first-order chi connectivity index (χ1) is 27.3. The van der Waals surface area contributed by atoms with Gasteiger partial charge < -0.3 is 19.7 Å². The number of esters is 2. The van der Waals surface area contributed by atoms with Gasteiger partial charge in [-0.25, -0.2) is 4.57 Å². The molecule has 0 bridgehead atoms. The Morgan fingerprint density at radius 3 is 1.32 bits per heavy atom. The van der Waals surface area contributed by atoms with Gasteiger partial charge in [-0.1, -0.05) is 193 Å². The van der Waals surface area contributed by atoms with E-state index in [9.17, 15) is 19.0 Å². The molecule has 0 aliphatic carbocycles. The molecule has 2 N–H and O–H groups in total. The number of hydrogen-bond donors (Lipinski definition) is 2. The Morgan fingerprint density at radius 1 is 0.536 bits per heavy atom. The smallest absolute Gasteiger partial charge is 0.462 e. The van der Waals surface area contributed by atoms with E-state index in [-0.39, 0.29) is 32.0 Å². The van der Waals surface area contributed by atoms with Gasteiger partial charge in [0.2, 0.25) is 0 Å². The highest BCUT2D eigenvalue weighted by molar-refractivity contribution is 7.47. The summed E-state index contributed by atoms with van der Waals surface area (Å²) in [7, 11) is -2.64. The van der Waals surface area contributed by atoms with Gasteiger partial charge in [-0.3, -0.25) is 18.6 Å². The molecule has 2 unspecified atom stereocenters. The van der Waals surface area contributed by atoms with Crippen molar-refractivity contribution in [3.8, 4) is 0 Å². The first-order valence-electron chi connectivity index (χ1n) is 23.6. The van der Waals surface area contributed by atoms with Crippen LogP contribution in [-0.2, 0) is 32.7 Å². The summed E-state index contributed by atoms with van der Waals surface area (Å²) >= 11 is 0. The maximum absolute atomic E-state index is 12.6. The number of phosphoric acid groups is 1. The summed E-state index contributed by atoms with van der Waals surface area (Å²) < 4.78 is 33.3. The van der Waals surface area contributed by atoms with Crippen molar-refractivity contribution in [2.45, 2.75) is 238 Å². The van der Waals surface area contributed by atoms with Crippen molar-refractivity contribution in [2.24, 2.45) is 0 Å². The summed E-state index contributed by atoms with van der Waals surface area (Å²) in [6.07, 6.45) is 43.9. The molecule has 0 aliphatic heterocycles. The van der Waals surface area contributed by atoms with E-state index in [0.717, 1.165) is 32.1 Å². The maximum atomic E-state index is 12.6. The minimum atomic E-state index is -4.35. The number of carbonyl (C=O) groups excluding carboxylic acids is 2. The lowest BCUT2D eigenvalue weighted by atomic mass is 10.0. The number of ether oxygens (including phenoxy) is 2. The van der Waals surface area contributed by atoms with E-state index >= 15 is 0 Å². The van der Waals surface area contributed by atoms with E-state index in [1.807, 2.05) is 0 Å². The lowest BCUT2D eigenvalue weighted by Gasteiger charge is -2.20. The van der Waals surface area contributed by atoms with E-state index in [1.165, 1.54) is 167 Å². The molecule has 0 aromatic heterocycles. The second-order valence-electron chi connectivity index (χ2n) is 15.9. The van der Waals surface area contributed by atoms with E-state index in [0.29, 0.717) is 13.0 Å². The maximum Gasteiger partial charge on any atom is 0.472 e. The topological polar surface area (TPSA) is 120 Å². The quantitative estimate of drug-likeness (QED) is 0.0268. The summed E-state index contributed by atoms with van der Waals surface area (Å²) in [4.78, 5) is 35.1. The minimum Gasteiger partial charge on any atom is -0.462 e. The van der Waals surface area contributed by atoms with Gasteiger partial charge in [0.25, 0.3) is 0 Å². The van der Waals surface area contributed by atoms with Crippen molar-refractivity contribution >= 4 is 19.8 Å². The van der Waals surface area contributed by atoms with Gasteiger partial charge in [-0.2, -0.15) is 0 Å². The predicted molar refractivity (Wildman–Crippen MR) is 234 cm³/mol. The molecule has 0 saturated carbocycles. The van der Waals surface area contributed by atoms with Crippen LogP contribution in [0.5, 0.6) is 0 Å². The van der Waals surface area contributed by atoms with Crippen LogP contribution in [0, 0.1) is 0 Å². The Balaban J connectivity index is 4.14. The van der Waals surface area contributed by atoms with Crippen molar-refractivity contribution < 1.29 is 37.6 Å². The van der Waals surface area contributed by atoms with Crippen LogP contribution < -0.4 is 5.32 Å². The predicted octanol–water partition coefficient (Wildman–Crippen LogP) is 13.7. The van der Waals surface area contributed by atoms with Crippen molar-refractivity contribution in [1.82, 2.24) is 5.32 Å². The zero-order chi connectivity index (χ0) is 41.1. The van der Waals surface area contributed by atoms with Gasteiger partial charge in [0.15, 0.2) is 6.10 Å². The second-order valence-corrected chi connectivity index (χ2v) is 17.4. The molecule has 0 aliphatic rings. The van der Waals surface area contributed by atoms with Crippen LogP contribution in [0.25, 0.3) is 0 Å². The average Bonchev–Trinajstić information content (AvgIpc) is 3.18. The molecular weight excluding hydrogens is 725 g/mol. The highest BCUT2D eigenvalue weighted by atomic mass is 31.2. The number of rotatable bonds is 45. The zero-order valence-corrected chi connectivity index (χ0v) is 37.7. The fraction of sp³-hybridized carbons (Fsp3) is 0.913. The lowest BCUT2D eigenvalue weighted by molar-refractivity contribution is -0.161. The summed E-state index contributed by atoms with van der Waals surface area (Å²) in [6, 6.07) is 0. The molecule has 0 saturated heterocycles. The van der Waals surface area contributed by atoms with E-state index in [4.69, 9.17) is 18.5 Å². The van der Waals surface area contributed by atoms with E-state index in [2.05, 4.69) is 31.3 Å². The monoisotopic (exact) mass is 816 g/mol. The minimum absolute atomic E-state index is 0.0142. The van der Waals surface area contributed by atoms with Gasteiger partial charge in [0.05, 0.1) is 13.2 Å². The number of phosphoric ester groups is 1. The number of nitrogens with one attached hydrogen (secondary N) is 1. The summed E-state index contributed by atoms with van der Waals surface area (Å²) in [5.41, 5.74) is 0. The molecule has 0 rings (SSSR count). The Hall–Kier alpha value is -1.25. The van der Waals surface area contributed by atoms with Gasteiger partial charge >= 0.3 is 19.8 Å². The fourth-order valence-corrected chi connectivity index (χ4v) is 7.54. The van der Waals surface area contributed by atoms with Crippen LogP contribution in [0.2, 0.25) is 0 Å². The van der Waals surface area contributed by atoms with Gasteiger partial charge in [-0.05, 0) is 45.6 Å². The largest absolute Gasteiger partial charge is 0.472 e. The van der Waals surface area contributed by atoms with Crippen molar-refractivity contribution in [2.75, 3.05) is 33.4 Å². The van der Waals surface area contributed by atoms with Crippen molar-refractivity contribution in [3.05, 3.63) is 12.2 Å². The fourth-order valence-electron chi connectivity index (χ4n) is 6.78. The summed E-state index contributed by atoms with van der Waals surface area (Å²) in [5.74, 6) is -0.798. The molecule has 0 heterocycles. The van der Waals surface area contributed by atoms with Crippen LogP contribution in [-0.4, -0.2) is 56.3 Å². The molecule has 0 amide bonds. The highest BCUT2D eigenvalue weighted by Crippen LogP contribution is 2.43. The number of unbranched alkanes of at least 4 members (excludes halogenated alkanes) is 29. The first-order valence-corrected chi connectivity index (χ1v) is 25.1. The molecule has 9 nitrogen and oxygen atoms in total. The SMILES string of the molecule is CCCCCCCC/C=C\CCCCCCCCCC(=O)OCC(COP(=O)(O)OCCNC)OC(=O)CCCCCCCCCCCCCCCCCCC. The Labute approximate surface area is 345 Å². The Bertz CT molecular complexity index is 933. The molecule has 0 radical (unpaired) electrons. The van der Waals surface area contributed by atoms with Crippen LogP contribution in [0.4, 0.5) is 0 Å². The zero-order valence-electron chi connectivity index (χ0n) is 36.9. The first kappa shape index (κ1) is 54.8. The van der Waals surface area contributed by atoms with E-state index in [1.54, 1.807) is 7.05 Å². The molecule has 56 heavy (non-hydrogen) atoms. The third kappa shape index (κ3) is 42.4. The summed E-state index contributed by atoms with van der Waals surface area (Å²) in [6.45, 7) is 4.26. The van der Waals surface area contributed by atoms with E-state index < -0.39 is 26.5 Å². The second kappa shape index (κ2) is 43.3. The van der Waals surface area contributed by atoms with Crippen molar-refractivity contribution in [1.29, 1.82) is 0 Å². The van der Waals surface area contributed by atoms with Crippen LogP contribution in [0.1, 0.15) is 232 Å². The van der Waals surface area contributed by atoms with Gasteiger partial charge in [0.1, 0.15) is 6.61 Å². The molecular formula is C46H90NO8P. The summed E-state index contributed by atoms with van der Waals surface area (Å²) in [5, 5.41) is 2.83. The molecule has 10 heteroatoms. The third-order valence-corrected chi connectivity index (χ3v) is 11.4. The lowest BCUT2D eigenvalue weighted by Crippen LogP contribution is -2.29. The number of allylic oxidation sites excluding steroid dienone is 2. The van der Waals surface area contributed by atoms with Crippen LogP contribution >= 0.6 is 7.82 Å². The number of carbonyl (C=O) groups is 2. The van der Waals surface area contributed by atoms with Crippen LogP contribution in [0.3, 0.4) is 0 Å². The number of hydrogen-bond acceptors (Lipinski definition) is 8. The van der Waals surface area contributed by atoms with Gasteiger partial charge in [0, 0.05) is 19.4 Å². The molecule has 0 aromatic carbocycles. The molecule has 0 aromatic rings. The normalized spacial score (nSPS) is 13.3. The molecule has 0 spiro atoms. The Kier molecular flexibility index (Phi) is 42.4. The Morgan fingerprint density at radius 2 is 0.911 bits per heavy atom. The average molecular weight is 816 g/mol.